The highest BCUT2D eigenvalue weighted by Gasteiger charge is 2.14. The van der Waals surface area contributed by atoms with Gasteiger partial charge in [0, 0.05) is 12.6 Å². The number of nitrogens with one attached hydrogen (secondary N) is 1. The van der Waals surface area contributed by atoms with E-state index in [-0.39, 0.29) is 23.2 Å². The summed E-state index contributed by atoms with van der Waals surface area (Å²) < 4.78 is 28.5. The van der Waals surface area contributed by atoms with E-state index >= 15 is 0 Å². The lowest BCUT2D eigenvalue weighted by atomic mass is 10.2. The Morgan fingerprint density at radius 3 is 2.72 bits per heavy atom. The molecular weight excluding hydrogens is 346 g/mol. The van der Waals surface area contributed by atoms with Crippen molar-refractivity contribution in [1.29, 1.82) is 0 Å². The molecule has 0 spiro atoms. The number of anilines is 1. The highest BCUT2D eigenvalue weighted by molar-refractivity contribution is 7.99. The Hall–Kier alpha value is -2.74. The summed E-state index contributed by atoms with van der Waals surface area (Å²) in [5.41, 5.74) is 0.726. The first-order chi connectivity index (χ1) is 12.0. The number of carbonyl (C=O) groups is 1. The van der Waals surface area contributed by atoms with Gasteiger partial charge in [-0.2, -0.15) is 0 Å². The van der Waals surface area contributed by atoms with E-state index in [1.54, 1.807) is 35.9 Å². The number of halogens is 2. The fourth-order valence-electron chi connectivity index (χ4n) is 2.20. The molecule has 128 valence electrons. The molecule has 0 unspecified atom stereocenters. The number of aromatic nitrogens is 3. The first-order valence-electron chi connectivity index (χ1n) is 7.37. The summed E-state index contributed by atoms with van der Waals surface area (Å²) in [5.74, 6) is -0.669. The maximum absolute atomic E-state index is 13.5. The number of thioether (sulfide) groups is 1. The first-order valence-corrected chi connectivity index (χ1v) is 8.35. The summed E-state index contributed by atoms with van der Waals surface area (Å²) in [6, 6.07) is 12.0. The van der Waals surface area contributed by atoms with E-state index < -0.39 is 5.82 Å². The molecule has 1 aromatic heterocycles. The van der Waals surface area contributed by atoms with E-state index in [1.165, 1.54) is 24.3 Å². The van der Waals surface area contributed by atoms with Gasteiger partial charge in [-0.25, -0.2) is 8.78 Å². The van der Waals surface area contributed by atoms with Crippen LogP contribution in [-0.4, -0.2) is 26.4 Å². The number of hydrogen-bond donors (Lipinski definition) is 1. The zero-order valence-corrected chi connectivity index (χ0v) is 14.1. The summed E-state index contributed by atoms with van der Waals surface area (Å²) in [7, 11) is 1.73. The Bertz CT molecular complexity index is 913. The second-order valence-corrected chi connectivity index (χ2v) is 6.13. The molecule has 0 aliphatic heterocycles. The second-order valence-electron chi connectivity index (χ2n) is 5.19. The maximum atomic E-state index is 13.5. The van der Waals surface area contributed by atoms with Crippen LogP contribution in [0.25, 0.3) is 11.4 Å². The van der Waals surface area contributed by atoms with Crippen molar-refractivity contribution in [3.63, 3.8) is 0 Å². The standard InChI is InChI=1S/C17H14F2N4OS/c1-23-16(11-5-4-6-12(18)9-11)21-22-17(23)25-10-15(24)20-14-8-3-2-7-13(14)19/h2-9H,10H2,1H3,(H,20,24). The fourth-order valence-corrected chi connectivity index (χ4v) is 2.91. The van der Waals surface area contributed by atoms with Gasteiger partial charge in [-0.05, 0) is 24.3 Å². The van der Waals surface area contributed by atoms with Crippen LogP contribution in [0.4, 0.5) is 14.5 Å². The third-order valence-electron chi connectivity index (χ3n) is 3.40. The number of benzene rings is 2. The molecule has 0 aliphatic carbocycles. The number of hydrogen-bond acceptors (Lipinski definition) is 4. The molecule has 3 aromatic rings. The minimum Gasteiger partial charge on any atom is -0.323 e. The Labute approximate surface area is 147 Å². The molecule has 1 heterocycles. The van der Waals surface area contributed by atoms with Crippen molar-refractivity contribution >= 4 is 23.4 Å². The van der Waals surface area contributed by atoms with Crippen molar-refractivity contribution in [1.82, 2.24) is 14.8 Å². The predicted molar refractivity (Wildman–Crippen MR) is 92.2 cm³/mol. The molecule has 3 rings (SSSR count). The van der Waals surface area contributed by atoms with Crippen molar-refractivity contribution in [2.24, 2.45) is 7.05 Å². The summed E-state index contributed by atoms with van der Waals surface area (Å²) in [4.78, 5) is 12.0. The zero-order chi connectivity index (χ0) is 17.8. The SMILES string of the molecule is Cn1c(SCC(=O)Nc2ccccc2F)nnc1-c1cccc(F)c1. The van der Waals surface area contributed by atoms with Gasteiger partial charge in [-0.1, -0.05) is 36.0 Å². The van der Waals surface area contributed by atoms with Crippen LogP contribution >= 0.6 is 11.8 Å². The Kier molecular flexibility index (Phi) is 5.08. The van der Waals surface area contributed by atoms with Crippen LogP contribution in [0.3, 0.4) is 0 Å². The maximum Gasteiger partial charge on any atom is 0.234 e. The number of nitrogens with zero attached hydrogens (tertiary/aromatic N) is 3. The smallest absolute Gasteiger partial charge is 0.234 e. The number of amides is 1. The minimum atomic E-state index is -0.493. The van der Waals surface area contributed by atoms with Crippen LogP contribution in [0.2, 0.25) is 0 Å². The lowest BCUT2D eigenvalue weighted by molar-refractivity contribution is -0.113. The summed E-state index contributed by atoms with van der Waals surface area (Å²) in [6.45, 7) is 0. The van der Waals surface area contributed by atoms with E-state index in [0.717, 1.165) is 11.8 Å². The van der Waals surface area contributed by atoms with Gasteiger partial charge in [0.15, 0.2) is 11.0 Å². The van der Waals surface area contributed by atoms with Gasteiger partial charge in [0.25, 0.3) is 0 Å². The molecule has 0 radical (unpaired) electrons. The molecule has 0 fully saturated rings. The Morgan fingerprint density at radius 1 is 1.16 bits per heavy atom. The third-order valence-corrected chi connectivity index (χ3v) is 4.42. The van der Waals surface area contributed by atoms with Gasteiger partial charge < -0.3 is 9.88 Å². The van der Waals surface area contributed by atoms with E-state index in [2.05, 4.69) is 15.5 Å². The minimum absolute atomic E-state index is 0.0451. The van der Waals surface area contributed by atoms with E-state index in [1.807, 2.05) is 0 Å². The monoisotopic (exact) mass is 360 g/mol. The molecular formula is C17H14F2N4OS. The van der Waals surface area contributed by atoms with Gasteiger partial charge in [0.1, 0.15) is 11.6 Å². The van der Waals surface area contributed by atoms with E-state index in [9.17, 15) is 13.6 Å². The highest BCUT2D eigenvalue weighted by Crippen LogP contribution is 2.23. The average molecular weight is 360 g/mol. The average Bonchev–Trinajstić information content (AvgIpc) is 2.96. The normalized spacial score (nSPS) is 10.7. The van der Waals surface area contributed by atoms with Gasteiger partial charge >= 0.3 is 0 Å². The molecule has 0 aliphatic rings. The van der Waals surface area contributed by atoms with E-state index in [4.69, 9.17) is 0 Å². The van der Waals surface area contributed by atoms with Crippen LogP contribution in [-0.2, 0) is 11.8 Å². The summed E-state index contributed by atoms with van der Waals surface area (Å²) in [5, 5.41) is 11.1. The topological polar surface area (TPSA) is 59.8 Å². The third kappa shape index (κ3) is 4.03. The summed E-state index contributed by atoms with van der Waals surface area (Å²) >= 11 is 1.16. The van der Waals surface area contributed by atoms with Crippen molar-refractivity contribution in [2.45, 2.75) is 5.16 Å². The molecule has 1 N–H and O–H groups in total. The largest absolute Gasteiger partial charge is 0.323 e. The van der Waals surface area contributed by atoms with Crippen LogP contribution in [0.5, 0.6) is 0 Å². The highest BCUT2D eigenvalue weighted by atomic mass is 32.2. The molecule has 8 heteroatoms. The predicted octanol–water partition coefficient (Wildman–Crippen LogP) is 3.49. The second kappa shape index (κ2) is 7.43. The van der Waals surface area contributed by atoms with Gasteiger partial charge in [-0.15, -0.1) is 10.2 Å². The molecule has 2 aromatic carbocycles. The summed E-state index contributed by atoms with van der Waals surface area (Å²) in [6.07, 6.45) is 0. The molecule has 0 saturated carbocycles. The first kappa shape index (κ1) is 17.1. The van der Waals surface area contributed by atoms with Crippen molar-refractivity contribution in [3.05, 3.63) is 60.2 Å². The van der Waals surface area contributed by atoms with Crippen LogP contribution < -0.4 is 5.32 Å². The van der Waals surface area contributed by atoms with Crippen molar-refractivity contribution in [2.75, 3.05) is 11.1 Å². The molecule has 0 bridgehead atoms. The van der Waals surface area contributed by atoms with Crippen molar-refractivity contribution in [3.8, 4) is 11.4 Å². The van der Waals surface area contributed by atoms with Crippen LogP contribution in [0.1, 0.15) is 0 Å². The van der Waals surface area contributed by atoms with Gasteiger partial charge in [0.05, 0.1) is 11.4 Å². The molecule has 25 heavy (non-hydrogen) atoms. The lowest BCUT2D eigenvalue weighted by Gasteiger charge is -2.06. The fraction of sp³-hybridized carbons (Fsp3) is 0.118. The Morgan fingerprint density at radius 2 is 1.96 bits per heavy atom. The quantitative estimate of drug-likeness (QED) is 0.708. The van der Waals surface area contributed by atoms with Crippen LogP contribution in [0, 0.1) is 11.6 Å². The molecule has 1 amide bonds. The van der Waals surface area contributed by atoms with Gasteiger partial charge in [-0.3, -0.25) is 4.79 Å². The number of para-hydroxylation sites is 1. The molecule has 0 atom stereocenters. The van der Waals surface area contributed by atoms with E-state index in [0.29, 0.717) is 16.5 Å². The lowest BCUT2D eigenvalue weighted by Crippen LogP contribution is -2.15. The Balaban J connectivity index is 1.66. The zero-order valence-electron chi connectivity index (χ0n) is 13.2. The number of rotatable bonds is 5. The number of carbonyl (C=O) groups excluding carboxylic acids is 1. The van der Waals surface area contributed by atoms with Gasteiger partial charge in [0.2, 0.25) is 5.91 Å². The van der Waals surface area contributed by atoms with Crippen molar-refractivity contribution < 1.29 is 13.6 Å². The molecule has 0 saturated heterocycles. The van der Waals surface area contributed by atoms with Crippen LogP contribution in [0.15, 0.2) is 53.7 Å². The molecule has 5 nitrogen and oxygen atoms in total.